The molecule has 1 saturated heterocycles. The number of rotatable bonds is 2. The number of methoxy groups -OCH3 is 1. The predicted molar refractivity (Wildman–Crippen MR) is 102 cm³/mol. The highest BCUT2D eigenvalue weighted by Gasteiger charge is 2.30. The molecule has 1 aromatic rings. The average molecular weight is 365 g/mol. The van der Waals surface area contributed by atoms with E-state index in [0.29, 0.717) is 0 Å². The van der Waals surface area contributed by atoms with E-state index in [1.54, 1.807) is 19.1 Å². The van der Waals surface area contributed by atoms with Gasteiger partial charge in [-0.15, -0.1) is 0 Å². The lowest BCUT2D eigenvalue weighted by atomic mass is 9.94. The van der Waals surface area contributed by atoms with Crippen molar-refractivity contribution in [1.82, 2.24) is 4.90 Å². The maximum Gasteiger partial charge on any atom is 0.290 e. The quantitative estimate of drug-likeness (QED) is 0.776. The van der Waals surface area contributed by atoms with E-state index in [0.717, 1.165) is 37.8 Å². The number of benzene rings is 1. The van der Waals surface area contributed by atoms with Crippen LogP contribution in [0.1, 0.15) is 42.5 Å². The summed E-state index contributed by atoms with van der Waals surface area (Å²) in [5.74, 6) is 0.202. The first-order chi connectivity index (χ1) is 12.7. The summed E-state index contributed by atoms with van der Waals surface area (Å²) in [6.07, 6.45) is 7.01. The van der Waals surface area contributed by atoms with Gasteiger partial charge in [0.2, 0.25) is 0 Å². The zero-order valence-corrected chi connectivity index (χ0v) is 16.0. The lowest BCUT2D eigenvalue weighted by molar-refractivity contribution is -0.930. The number of carbonyl (C=O) groups is 2. The van der Waals surface area contributed by atoms with Crippen LogP contribution in [0.4, 0.5) is 0 Å². The number of nitrogens with zero attached hydrogens (tertiary/aromatic N) is 1. The molecule has 1 saturated carbocycles. The normalized spacial score (nSPS) is 18.0. The lowest BCUT2D eigenvalue weighted by Crippen LogP contribution is -3.18. The molecule has 1 amide bonds. The molecular formula is C20H33N2O4+. The second-order valence-corrected chi connectivity index (χ2v) is 6.67. The molecule has 6 nitrogen and oxygen atoms in total. The molecule has 1 aliphatic heterocycles. The summed E-state index contributed by atoms with van der Waals surface area (Å²) < 4.78 is 4.25. The molecule has 0 bridgehead atoms. The minimum absolute atomic E-state index is 0.202. The van der Waals surface area contributed by atoms with E-state index in [1.165, 1.54) is 32.1 Å². The van der Waals surface area contributed by atoms with Gasteiger partial charge in [-0.3, -0.25) is 9.59 Å². The van der Waals surface area contributed by atoms with Gasteiger partial charge in [-0.2, -0.15) is 0 Å². The Labute approximate surface area is 156 Å². The van der Waals surface area contributed by atoms with Crippen molar-refractivity contribution in [2.75, 3.05) is 40.4 Å². The number of quaternary nitrogens is 1. The molecule has 146 valence electrons. The fourth-order valence-corrected chi connectivity index (χ4v) is 3.68. The minimum Gasteiger partial charge on any atom is -0.483 e. The first-order valence-corrected chi connectivity index (χ1v) is 9.34. The van der Waals surface area contributed by atoms with Crippen molar-refractivity contribution < 1.29 is 24.3 Å². The summed E-state index contributed by atoms with van der Waals surface area (Å²) in [6, 6.07) is 10.5. The molecule has 0 unspecified atom stereocenters. The number of hydrogen-bond donors (Lipinski definition) is 2. The Bertz CT molecular complexity index is 496. The van der Waals surface area contributed by atoms with Gasteiger partial charge in [0.05, 0.1) is 32.2 Å². The number of carboxylic acid groups (broad SMARTS) is 1. The third kappa shape index (κ3) is 7.54. The van der Waals surface area contributed by atoms with Gasteiger partial charge in [-0.05, 0) is 37.8 Å². The maximum absolute atomic E-state index is 12.4. The second-order valence-electron chi connectivity index (χ2n) is 6.67. The molecule has 0 radical (unpaired) electrons. The molecule has 26 heavy (non-hydrogen) atoms. The van der Waals surface area contributed by atoms with Crippen molar-refractivity contribution in [1.29, 1.82) is 0 Å². The number of amides is 1. The van der Waals surface area contributed by atoms with Gasteiger partial charge in [-0.1, -0.05) is 24.6 Å². The van der Waals surface area contributed by atoms with E-state index in [4.69, 9.17) is 9.90 Å². The highest BCUT2D eigenvalue weighted by Crippen LogP contribution is 2.15. The van der Waals surface area contributed by atoms with Gasteiger partial charge in [-0.25, -0.2) is 0 Å². The molecule has 1 aromatic carbocycles. The van der Waals surface area contributed by atoms with Gasteiger partial charge < -0.3 is 19.6 Å². The van der Waals surface area contributed by atoms with Crippen LogP contribution >= 0.6 is 0 Å². The molecular weight excluding hydrogens is 332 g/mol. The summed E-state index contributed by atoms with van der Waals surface area (Å²) in [4.78, 5) is 24.5. The van der Waals surface area contributed by atoms with Gasteiger partial charge >= 0.3 is 0 Å². The Balaban J connectivity index is 0.000000499. The number of hydrogen-bond acceptors (Lipinski definition) is 3. The first-order valence-electron chi connectivity index (χ1n) is 9.34. The van der Waals surface area contributed by atoms with Crippen LogP contribution in [0.25, 0.3) is 0 Å². The van der Waals surface area contributed by atoms with Gasteiger partial charge in [0.15, 0.2) is 0 Å². The van der Waals surface area contributed by atoms with Gasteiger partial charge in [0.25, 0.3) is 12.4 Å². The molecule has 2 fully saturated rings. The molecule has 1 aliphatic carbocycles. The Morgan fingerprint density at radius 3 is 2.12 bits per heavy atom. The smallest absolute Gasteiger partial charge is 0.290 e. The van der Waals surface area contributed by atoms with Crippen LogP contribution in [0.5, 0.6) is 0 Å². The van der Waals surface area contributed by atoms with Crippen LogP contribution in [-0.4, -0.2) is 68.8 Å². The van der Waals surface area contributed by atoms with Crippen LogP contribution in [0.3, 0.4) is 0 Å². The van der Waals surface area contributed by atoms with Crippen molar-refractivity contribution in [3.8, 4) is 0 Å². The monoisotopic (exact) mass is 365 g/mol. The van der Waals surface area contributed by atoms with Crippen LogP contribution in [0.2, 0.25) is 0 Å². The summed E-state index contributed by atoms with van der Waals surface area (Å²) >= 11 is 0. The zero-order chi connectivity index (χ0) is 19.2. The Hall–Kier alpha value is -1.92. The number of piperazine rings is 1. The summed E-state index contributed by atoms with van der Waals surface area (Å²) in [5.41, 5.74) is 0.827. The molecule has 6 heteroatoms. The van der Waals surface area contributed by atoms with Gasteiger partial charge in [0, 0.05) is 19.8 Å². The van der Waals surface area contributed by atoms with Crippen molar-refractivity contribution in [3.63, 3.8) is 0 Å². The number of nitrogens with one attached hydrogen (secondary N) is 1. The summed E-state index contributed by atoms with van der Waals surface area (Å²) in [5, 5.41) is 6.89. The molecule has 3 rings (SSSR count). The number of ether oxygens (including phenoxy) is 1. The van der Waals surface area contributed by atoms with E-state index in [9.17, 15) is 4.79 Å². The van der Waals surface area contributed by atoms with Crippen LogP contribution in [-0.2, 0) is 9.53 Å². The topological polar surface area (TPSA) is 71.3 Å². The van der Waals surface area contributed by atoms with Crippen molar-refractivity contribution in [2.45, 2.75) is 38.1 Å². The van der Waals surface area contributed by atoms with E-state index in [-0.39, 0.29) is 12.4 Å². The van der Waals surface area contributed by atoms with Crippen LogP contribution in [0, 0.1) is 0 Å². The fourth-order valence-electron chi connectivity index (χ4n) is 3.68. The Morgan fingerprint density at radius 1 is 1.12 bits per heavy atom. The summed E-state index contributed by atoms with van der Waals surface area (Å²) in [6.45, 7) is 3.84. The largest absolute Gasteiger partial charge is 0.483 e. The average Bonchev–Trinajstić information content (AvgIpc) is 2.70. The number of carbonyl (C=O) groups excluding carboxylic acids is 1. The third-order valence-corrected chi connectivity index (χ3v) is 4.90. The van der Waals surface area contributed by atoms with E-state index in [1.807, 2.05) is 35.2 Å². The van der Waals surface area contributed by atoms with Crippen molar-refractivity contribution >= 4 is 12.4 Å². The van der Waals surface area contributed by atoms with E-state index < -0.39 is 0 Å². The van der Waals surface area contributed by atoms with E-state index in [2.05, 4.69) is 4.74 Å². The molecule has 1 heterocycles. The minimum atomic E-state index is -0.250. The highest BCUT2D eigenvalue weighted by molar-refractivity contribution is 5.94. The standard InChI is InChI=1S/C17H24N2O.C2H6O.CH2O2/c20-17(15-7-3-1-4-8-15)19-13-11-18(12-14-19)16-9-5-2-6-10-16;1-3-2;2-1-3/h1,3-4,7-8,16H,2,5-6,9-14H2;1-2H3;1H,(H,2,3)/p+1. The molecule has 2 N–H and O–H groups in total. The predicted octanol–water partition coefficient (Wildman–Crippen LogP) is 1.32. The molecule has 0 atom stereocenters. The van der Waals surface area contributed by atoms with Crippen molar-refractivity contribution in [2.24, 2.45) is 0 Å². The zero-order valence-electron chi connectivity index (χ0n) is 16.0. The SMILES string of the molecule is COC.O=C(c1ccccc1)N1CC[NH+](C2CCCCC2)CC1.O=CO. The van der Waals surface area contributed by atoms with Crippen molar-refractivity contribution in [3.05, 3.63) is 35.9 Å². The van der Waals surface area contributed by atoms with Crippen LogP contribution < -0.4 is 4.90 Å². The van der Waals surface area contributed by atoms with E-state index >= 15 is 0 Å². The third-order valence-electron chi connectivity index (χ3n) is 4.90. The molecule has 0 aromatic heterocycles. The fraction of sp³-hybridized carbons (Fsp3) is 0.600. The Morgan fingerprint density at radius 2 is 1.62 bits per heavy atom. The first kappa shape index (κ1) is 22.1. The highest BCUT2D eigenvalue weighted by atomic mass is 16.4. The maximum atomic E-state index is 12.4. The lowest BCUT2D eigenvalue weighted by Gasteiger charge is -2.38. The van der Waals surface area contributed by atoms with Gasteiger partial charge in [0.1, 0.15) is 0 Å². The second kappa shape index (κ2) is 13.3. The Kier molecular flexibility index (Phi) is 11.3. The summed E-state index contributed by atoms with van der Waals surface area (Å²) in [7, 11) is 3.25. The molecule has 0 spiro atoms. The molecule has 2 aliphatic rings. The van der Waals surface area contributed by atoms with Crippen LogP contribution in [0.15, 0.2) is 30.3 Å².